The number of rotatable bonds is 4. The summed E-state index contributed by atoms with van der Waals surface area (Å²) in [4.78, 5) is 11.9. The molecule has 1 amide bonds. The molecule has 0 saturated heterocycles. The van der Waals surface area contributed by atoms with Crippen molar-refractivity contribution < 1.29 is 9.21 Å². The van der Waals surface area contributed by atoms with Crippen LogP contribution < -0.4 is 5.43 Å². The van der Waals surface area contributed by atoms with Crippen molar-refractivity contribution in [2.45, 2.75) is 33.1 Å². The molecule has 22 heavy (non-hydrogen) atoms. The van der Waals surface area contributed by atoms with E-state index in [2.05, 4.69) is 20.7 Å². The monoisotopic (exact) mass is 300 g/mol. The standard InChI is InChI=1S/C16H20N4O2/c1-11(8-12-6-5-7-22-12)10-17-20-15(21)13-9-14(19-18-13)16(2,3)4/h5-10H,1-4H3,(H,18,19)(H,20,21)/b11-8-,17-10-. The van der Waals surface area contributed by atoms with Crippen molar-refractivity contribution in [2.24, 2.45) is 5.10 Å². The van der Waals surface area contributed by atoms with Gasteiger partial charge in [-0.05, 0) is 36.8 Å². The van der Waals surface area contributed by atoms with Gasteiger partial charge in [-0.3, -0.25) is 9.89 Å². The predicted molar refractivity (Wildman–Crippen MR) is 85.6 cm³/mol. The van der Waals surface area contributed by atoms with Crippen LogP contribution in [0.15, 0.2) is 39.6 Å². The summed E-state index contributed by atoms with van der Waals surface area (Å²) in [6.07, 6.45) is 4.97. The molecule has 6 nitrogen and oxygen atoms in total. The minimum absolute atomic E-state index is 0.0861. The number of carbonyl (C=O) groups excluding carboxylic acids is 1. The second-order valence-corrected chi connectivity index (χ2v) is 6.02. The van der Waals surface area contributed by atoms with Crippen molar-refractivity contribution in [3.05, 3.63) is 47.2 Å². The first-order valence-corrected chi connectivity index (χ1v) is 6.97. The van der Waals surface area contributed by atoms with Crippen LogP contribution in [-0.2, 0) is 5.41 Å². The normalized spacial score (nSPS) is 12.8. The number of allylic oxidation sites excluding steroid dienone is 1. The second kappa shape index (κ2) is 6.43. The lowest BCUT2D eigenvalue weighted by Gasteiger charge is -2.14. The number of nitrogens with one attached hydrogen (secondary N) is 2. The van der Waals surface area contributed by atoms with Crippen LogP contribution in [0.1, 0.15) is 49.6 Å². The average molecular weight is 300 g/mol. The minimum atomic E-state index is -0.353. The molecule has 0 atom stereocenters. The Balaban J connectivity index is 1.95. The van der Waals surface area contributed by atoms with E-state index in [9.17, 15) is 4.79 Å². The van der Waals surface area contributed by atoms with Gasteiger partial charge in [0, 0.05) is 11.1 Å². The van der Waals surface area contributed by atoms with E-state index in [0.29, 0.717) is 5.69 Å². The van der Waals surface area contributed by atoms with Crippen molar-refractivity contribution in [1.29, 1.82) is 0 Å². The fourth-order valence-electron chi connectivity index (χ4n) is 1.71. The van der Waals surface area contributed by atoms with Crippen molar-refractivity contribution in [3.63, 3.8) is 0 Å². The van der Waals surface area contributed by atoms with E-state index in [1.54, 1.807) is 18.5 Å². The maximum absolute atomic E-state index is 11.9. The summed E-state index contributed by atoms with van der Waals surface area (Å²) in [5, 5.41) is 10.8. The molecule has 0 bridgehead atoms. The Bertz CT molecular complexity index is 688. The molecular weight excluding hydrogens is 280 g/mol. The third-order valence-electron chi connectivity index (χ3n) is 2.97. The van der Waals surface area contributed by atoms with Gasteiger partial charge in [0.05, 0.1) is 12.5 Å². The van der Waals surface area contributed by atoms with Gasteiger partial charge in [0.1, 0.15) is 5.76 Å². The predicted octanol–water partition coefficient (Wildman–Crippen LogP) is 3.12. The molecule has 0 aliphatic heterocycles. The van der Waals surface area contributed by atoms with Gasteiger partial charge < -0.3 is 4.42 Å². The Hall–Kier alpha value is -2.63. The largest absolute Gasteiger partial charge is 0.465 e. The van der Waals surface area contributed by atoms with Gasteiger partial charge in [0.2, 0.25) is 0 Å². The topological polar surface area (TPSA) is 83.3 Å². The van der Waals surface area contributed by atoms with E-state index in [-0.39, 0.29) is 11.3 Å². The summed E-state index contributed by atoms with van der Waals surface area (Å²) < 4.78 is 5.20. The maximum Gasteiger partial charge on any atom is 0.291 e. The Kier molecular flexibility index (Phi) is 4.60. The van der Waals surface area contributed by atoms with E-state index < -0.39 is 0 Å². The Morgan fingerprint density at radius 3 is 2.82 bits per heavy atom. The molecule has 2 aromatic rings. The lowest BCUT2D eigenvalue weighted by Crippen LogP contribution is -2.18. The molecule has 0 aromatic carbocycles. The lowest BCUT2D eigenvalue weighted by molar-refractivity contribution is 0.0950. The van der Waals surface area contributed by atoms with Crippen molar-refractivity contribution in [3.8, 4) is 0 Å². The molecule has 6 heteroatoms. The van der Waals surface area contributed by atoms with Crippen LogP contribution in [0, 0.1) is 0 Å². The van der Waals surface area contributed by atoms with Crippen LogP contribution >= 0.6 is 0 Å². The average Bonchev–Trinajstić information content (AvgIpc) is 3.08. The van der Waals surface area contributed by atoms with Crippen molar-refractivity contribution >= 4 is 18.2 Å². The van der Waals surface area contributed by atoms with Crippen LogP contribution in [0.25, 0.3) is 6.08 Å². The number of hydrazone groups is 1. The summed E-state index contributed by atoms with van der Waals surface area (Å²) in [5.41, 5.74) is 4.43. The van der Waals surface area contributed by atoms with Gasteiger partial charge in [-0.25, -0.2) is 5.43 Å². The Morgan fingerprint density at radius 2 is 2.23 bits per heavy atom. The molecule has 2 rings (SSSR count). The third kappa shape index (κ3) is 4.18. The first kappa shape index (κ1) is 15.8. The SMILES string of the molecule is CC(/C=N\NC(=O)c1cc(C(C)(C)C)[nH]n1)=C/c1ccco1. The highest BCUT2D eigenvalue weighted by molar-refractivity contribution is 5.93. The van der Waals surface area contributed by atoms with E-state index in [1.165, 1.54) is 0 Å². The quantitative estimate of drug-likeness (QED) is 0.672. The molecule has 0 aliphatic carbocycles. The smallest absolute Gasteiger partial charge is 0.291 e. The number of hydrogen-bond acceptors (Lipinski definition) is 4. The maximum atomic E-state index is 11.9. The molecule has 0 saturated carbocycles. The summed E-state index contributed by atoms with van der Waals surface area (Å²) in [6, 6.07) is 5.38. The fourth-order valence-corrected chi connectivity index (χ4v) is 1.71. The van der Waals surface area contributed by atoms with E-state index in [0.717, 1.165) is 17.0 Å². The highest BCUT2D eigenvalue weighted by Crippen LogP contribution is 2.20. The molecule has 116 valence electrons. The molecule has 2 N–H and O–H groups in total. The molecular formula is C16H20N4O2. The number of hydrogen-bond donors (Lipinski definition) is 2. The summed E-state index contributed by atoms with van der Waals surface area (Å²) in [6.45, 7) is 8.00. The minimum Gasteiger partial charge on any atom is -0.465 e. The van der Waals surface area contributed by atoms with Gasteiger partial charge in [-0.1, -0.05) is 20.8 Å². The second-order valence-electron chi connectivity index (χ2n) is 6.02. The van der Waals surface area contributed by atoms with Gasteiger partial charge in [0.15, 0.2) is 5.69 Å². The number of aromatic nitrogens is 2. The van der Waals surface area contributed by atoms with E-state index in [1.807, 2.05) is 45.9 Å². The molecule has 2 heterocycles. The van der Waals surface area contributed by atoms with Gasteiger partial charge in [0.25, 0.3) is 5.91 Å². The summed E-state index contributed by atoms with van der Waals surface area (Å²) >= 11 is 0. The van der Waals surface area contributed by atoms with Crippen molar-refractivity contribution in [2.75, 3.05) is 0 Å². The first-order valence-electron chi connectivity index (χ1n) is 6.97. The van der Waals surface area contributed by atoms with E-state index >= 15 is 0 Å². The number of amides is 1. The summed E-state index contributed by atoms with van der Waals surface area (Å²) in [5.74, 6) is 0.381. The zero-order valence-electron chi connectivity index (χ0n) is 13.2. The number of nitrogens with zero attached hydrogens (tertiary/aromatic N) is 2. The zero-order chi connectivity index (χ0) is 16.2. The van der Waals surface area contributed by atoms with Crippen LogP contribution in [0.4, 0.5) is 0 Å². The molecule has 0 unspecified atom stereocenters. The summed E-state index contributed by atoms with van der Waals surface area (Å²) in [7, 11) is 0. The fraction of sp³-hybridized carbons (Fsp3) is 0.312. The number of carbonyl (C=O) groups is 1. The number of aromatic amines is 1. The first-order chi connectivity index (χ1) is 10.4. The third-order valence-corrected chi connectivity index (χ3v) is 2.97. The molecule has 0 radical (unpaired) electrons. The van der Waals surface area contributed by atoms with Crippen LogP contribution in [-0.4, -0.2) is 22.3 Å². The van der Waals surface area contributed by atoms with Gasteiger partial charge >= 0.3 is 0 Å². The van der Waals surface area contributed by atoms with Crippen LogP contribution in [0.3, 0.4) is 0 Å². The lowest BCUT2D eigenvalue weighted by atomic mass is 9.92. The number of furan rings is 1. The Labute approximate surface area is 129 Å². The van der Waals surface area contributed by atoms with Crippen LogP contribution in [0.2, 0.25) is 0 Å². The molecule has 0 spiro atoms. The highest BCUT2D eigenvalue weighted by atomic mass is 16.3. The zero-order valence-corrected chi connectivity index (χ0v) is 13.2. The van der Waals surface area contributed by atoms with E-state index in [4.69, 9.17) is 4.42 Å². The number of H-pyrrole nitrogens is 1. The van der Waals surface area contributed by atoms with Gasteiger partial charge in [-0.2, -0.15) is 10.2 Å². The van der Waals surface area contributed by atoms with Gasteiger partial charge in [-0.15, -0.1) is 0 Å². The van der Waals surface area contributed by atoms with Crippen molar-refractivity contribution in [1.82, 2.24) is 15.6 Å². The highest BCUT2D eigenvalue weighted by Gasteiger charge is 2.18. The molecule has 0 aliphatic rings. The van der Waals surface area contributed by atoms with Crippen LogP contribution in [0.5, 0.6) is 0 Å². The molecule has 0 fully saturated rings. The molecule has 2 aromatic heterocycles. The Morgan fingerprint density at radius 1 is 1.45 bits per heavy atom.